The number of nitrogens with two attached hydrogens (primary N) is 2. The first-order valence-electron chi connectivity index (χ1n) is 7.52. The lowest BCUT2D eigenvalue weighted by atomic mass is 10.0. The van der Waals surface area contributed by atoms with Crippen molar-refractivity contribution in [2.75, 3.05) is 44.5 Å². The van der Waals surface area contributed by atoms with Crippen LogP contribution in [-0.4, -0.2) is 49.1 Å². The maximum absolute atomic E-state index is 8.39. The van der Waals surface area contributed by atoms with E-state index >= 15 is 0 Å². The molecule has 8 nitrogen and oxygen atoms in total. The SMILES string of the molecule is COCCOc1ccc(N)c(C(=N)c2cc(NCCN)ncn2)c1. The maximum atomic E-state index is 8.39. The van der Waals surface area contributed by atoms with Gasteiger partial charge in [0.25, 0.3) is 0 Å². The molecule has 6 N–H and O–H groups in total. The van der Waals surface area contributed by atoms with E-state index in [1.165, 1.54) is 6.33 Å². The van der Waals surface area contributed by atoms with E-state index in [0.29, 0.717) is 54.8 Å². The van der Waals surface area contributed by atoms with Crippen LogP contribution in [0.3, 0.4) is 0 Å². The van der Waals surface area contributed by atoms with E-state index in [9.17, 15) is 0 Å². The van der Waals surface area contributed by atoms with Crippen LogP contribution in [0, 0.1) is 5.41 Å². The number of hydrogen-bond donors (Lipinski definition) is 4. The lowest BCUT2D eigenvalue weighted by Gasteiger charge is -2.11. The Balaban J connectivity index is 2.20. The molecule has 0 radical (unpaired) electrons. The van der Waals surface area contributed by atoms with Gasteiger partial charge >= 0.3 is 0 Å². The first kappa shape index (κ1) is 17.6. The number of nitrogens with zero attached hydrogens (tertiary/aromatic N) is 2. The Labute approximate surface area is 140 Å². The molecule has 8 heteroatoms. The van der Waals surface area contributed by atoms with Gasteiger partial charge in [-0.3, -0.25) is 5.41 Å². The van der Waals surface area contributed by atoms with Crippen molar-refractivity contribution in [2.45, 2.75) is 0 Å². The standard InChI is InChI=1S/C16H22N6O2/c1-23-6-7-24-11-2-3-13(18)12(8-11)16(19)14-9-15(20-5-4-17)22-10-21-14/h2-3,8-10,19H,4-7,17-18H2,1H3,(H,20,21,22). The molecule has 128 valence electrons. The van der Waals surface area contributed by atoms with Crippen molar-refractivity contribution >= 4 is 17.2 Å². The molecule has 1 aromatic heterocycles. The zero-order chi connectivity index (χ0) is 17.4. The number of aromatic nitrogens is 2. The molecule has 0 unspecified atom stereocenters. The quantitative estimate of drug-likeness (QED) is 0.305. The van der Waals surface area contributed by atoms with Crippen molar-refractivity contribution in [3.8, 4) is 5.75 Å². The highest BCUT2D eigenvalue weighted by molar-refractivity contribution is 6.13. The third-order valence-electron chi connectivity index (χ3n) is 3.22. The van der Waals surface area contributed by atoms with Crippen LogP contribution in [0.1, 0.15) is 11.3 Å². The molecule has 0 saturated heterocycles. The first-order valence-corrected chi connectivity index (χ1v) is 7.52. The Bertz CT molecular complexity index is 692. The summed E-state index contributed by atoms with van der Waals surface area (Å²) in [6.45, 7) is 1.99. The molecule has 0 bridgehead atoms. The minimum Gasteiger partial charge on any atom is -0.491 e. The molecular formula is C16H22N6O2. The van der Waals surface area contributed by atoms with Crippen molar-refractivity contribution < 1.29 is 9.47 Å². The molecule has 0 spiro atoms. The summed E-state index contributed by atoms with van der Waals surface area (Å²) in [6.07, 6.45) is 1.40. The highest BCUT2D eigenvalue weighted by Gasteiger charge is 2.12. The van der Waals surface area contributed by atoms with E-state index in [-0.39, 0.29) is 5.71 Å². The van der Waals surface area contributed by atoms with Gasteiger partial charge < -0.3 is 26.3 Å². The zero-order valence-electron chi connectivity index (χ0n) is 13.6. The van der Waals surface area contributed by atoms with Crippen LogP contribution >= 0.6 is 0 Å². The Morgan fingerprint density at radius 1 is 1.25 bits per heavy atom. The van der Waals surface area contributed by atoms with Crippen molar-refractivity contribution in [2.24, 2.45) is 5.73 Å². The lowest BCUT2D eigenvalue weighted by Crippen LogP contribution is -2.15. The van der Waals surface area contributed by atoms with E-state index < -0.39 is 0 Å². The second-order valence-corrected chi connectivity index (χ2v) is 4.97. The Hall–Kier alpha value is -2.71. The second-order valence-electron chi connectivity index (χ2n) is 4.97. The van der Waals surface area contributed by atoms with Crippen LogP contribution in [-0.2, 0) is 4.74 Å². The monoisotopic (exact) mass is 330 g/mol. The molecule has 0 atom stereocenters. The Morgan fingerprint density at radius 3 is 2.83 bits per heavy atom. The predicted molar refractivity (Wildman–Crippen MR) is 93.7 cm³/mol. The molecule has 24 heavy (non-hydrogen) atoms. The van der Waals surface area contributed by atoms with Crippen LogP contribution < -0.4 is 21.5 Å². The van der Waals surface area contributed by atoms with E-state index in [4.69, 9.17) is 26.4 Å². The molecule has 0 aliphatic heterocycles. The van der Waals surface area contributed by atoms with Gasteiger partial charge in [-0.15, -0.1) is 0 Å². The molecule has 1 heterocycles. The zero-order valence-corrected chi connectivity index (χ0v) is 13.6. The molecule has 0 aliphatic rings. The first-order chi connectivity index (χ1) is 11.7. The van der Waals surface area contributed by atoms with Crippen LogP contribution in [0.15, 0.2) is 30.6 Å². The predicted octanol–water partition coefficient (Wildman–Crippen LogP) is 0.871. The number of nitrogens with one attached hydrogen (secondary N) is 2. The highest BCUT2D eigenvalue weighted by Crippen LogP contribution is 2.22. The fraction of sp³-hybridized carbons (Fsp3) is 0.312. The minimum absolute atomic E-state index is 0.197. The molecule has 0 fully saturated rings. The summed E-state index contributed by atoms with van der Waals surface area (Å²) in [5, 5.41) is 11.5. The lowest BCUT2D eigenvalue weighted by molar-refractivity contribution is 0.146. The van der Waals surface area contributed by atoms with Crippen LogP contribution in [0.25, 0.3) is 0 Å². The van der Waals surface area contributed by atoms with E-state index in [2.05, 4.69) is 15.3 Å². The second kappa shape index (κ2) is 8.80. The summed E-state index contributed by atoms with van der Waals surface area (Å²) < 4.78 is 10.5. The van der Waals surface area contributed by atoms with Gasteiger partial charge in [-0.2, -0.15) is 0 Å². The largest absolute Gasteiger partial charge is 0.491 e. The Morgan fingerprint density at radius 2 is 2.08 bits per heavy atom. The molecule has 1 aromatic carbocycles. The number of ether oxygens (including phenoxy) is 2. The van der Waals surface area contributed by atoms with Gasteiger partial charge in [0.15, 0.2) is 0 Å². The van der Waals surface area contributed by atoms with Gasteiger partial charge in [-0.25, -0.2) is 9.97 Å². The van der Waals surface area contributed by atoms with Gasteiger partial charge in [0.05, 0.1) is 18.0 Å². The molecule has 2 aromatic rings. The smallest absolute Gasteiger partial charge is 0.130 e. The maximum Gasteiger partial charge on any atom is 0.130 e. The van der Waals surface area contributed by atoms with Crippen LogP contribution in [0.5, 0.6) is 5.75 Å². The Kier molecular flexibility index (Phi) is 6.47. The number of hydrogen-bond acceptors (Lipinski definition) is 8. The normalized spacial score (nSPS) is 10.4. The van der Waals surface area contributed by atoms with Gasteiger partial charge in [0, 0.05) is 37.5 Å². The van der Waals surface area contributed by atoms with Gasteiger partial charge in [-0.05, 0) is 18.2 Å². The highest BCUT2D eigenvalue weighted by atomic mass is 16.5. The summed E-state index contributed by atoms with van der Waals surface area (Å²) in [5.41, 5.74) is 13.2. The van der Waals surface area contributed by atoms with Gasteiger partial charge in [0.1, 0.15) is 24.5 Å². The summed E-state index contributed by atoms with van der Waals surface area (Å²) in [4.78, 5) is 8.25. The molecule has 2 rings (SSSR count). The van der Waals surface area contributed by atoms with Crippen molar-refractivity contribution in [3.63, 3.8) is 0 Å². The van der Waals surface area contributed by atoms with E-state index in [0.717, 1.165) is 0 Å². The fourth-order valence-corrected chi connectivity index (χ4v) is 2.01. The van der Waals surface area contributed by atoms with Gasteiger partial charge in [0.2, 0.25) is 0 Å². The minimum atomic E-state index is 0.197. The number of anilines is 2. The van der Waals surface area contributed by atoms with Crippen molar-refractivity contribution in [1.29, 1.82) is 5.41 Å². The van der Waals surface area contributed by atoms with Crippen LogP contribution in [0.2, 0.25) is 0 Å². The van der Waals surface area contributed by atoms with Gasteiger partial charge in [-0.1, -0.05) is 0 Å². The third-order valence-corrected chi connectivity index (χ3v) is 3.22. The summed E-state index contributed by atoms with van der Waals surface area (Å²) in [5.74, 6) is 1.23. The fourth-order valence-electron chi connectivity index (χ4n) is 2.01. The molecule has 0 saturated carbocycles. The average Bonchev–Trinajstić information content (AvgIpc) is 2.61. The summed E-state index contributed by atoms with van der Waals surface area (Å²) >= 11 is 0. The molecule has 0 aliphatic carbocycles. The van der Waals surface area contributed by atoms with E-state index in [1.807, 2.05) is 0 Å². The number of benzene rings is 1. The van der Waals surface area contributed by atoms with Crippen molar-refractivity contribution in [3.05, 3.63) is 41.9 Å². The number of methoxy groups -OCH3 is 1. The third kappa shape index (κ3) is 4.64. The number of nitrogen functional groups attached to an aromatic ring is 1. The average molecular weight is 330 g/mol. The molecular weight excluding hydrogens is 308 g/mol. The van der Waals surface area contributed by atoms with E-state index in [1.54, 1.807) is 31.4 Å². The van der Waals surface area contributed by atoms with Crippen molar-refractivity contribution in [1.82, 2.24) is 9.97 Å². The summed E-state index contributed by atoms with van der Waals surface area (Å²) in [7, 11) is 1.61. The topological polar surface area (TPSA) is 132 Å². The van der Waals surface area contributed by atoms with Crippen LogP contribution in [0.4, 0.5) is 11.5 Å². The number of rotatable bonds is 9. The molecule has 0 amide bonds. The summed E-state index contributed by atoms with van der Waals surface area (Å²) in [6, 6.07) is 6.88.